The van der Waals surface area contributed by atoms with Gasteiger partial charge in [0.25, 0.3) is 0 Å². The van der Waals surface area contributed by atoms with Crippen LogP contribution in [0.5, 0.6) is 0 Å². The number of benzene rings is 2. The lowest BCUT2D eigenvalue weighted by atomic mass is 9.95. The van der Waals surface area contributed by atoms with E-state index in [1.807, 2.05) is 54.2 Å². The number of rotatable bonds is 5. The molecule has 178 valence electrons. The van der Waals surface area contributed by atoms with Crippen molar-refractivity contribution in [2.75, 3.05) is 42.3 Å². The van der Waals surface area contributed by atoms with Crippen LogP contribution in [-0.4, -0.2) is 43.1 Å². The fraction of sp³-hybridized carbons (Fsp3) is 0.320. The third kappa shape index (κ3) is 5.30. The number of piperidine rings is 1. The van der Waals surface area contributed by atoms with E-state index in [1.54, 1.807) is 12.3 Å². The summed E-state index contributed by atoms with van der Waals surface area (Å²) in [6.07, 6.45) is -1.62. The molecule has 2 heterocycles. The van der Waals surface area contributed by atoms with Gasteiger partial charge in [-0.3, -0.25) is 10.1 Å². The number of carbonyl (C=O) groups is 1. The topological polar surface area (TPSA) is 61.4 Å². The molecule has 2 aromatic carbocycles. The average Bonchev–Trinajstić information content (AvgIpc) is 2.84. The van der Waals surface area contributed by atoms with Crippen molar-refractivity contribution >= 4 is 23.4 Å². The minimum Gasteiger partial charge on any atom is -0.371 e. The van der Waals surface area contributed by atoms with Crippen LogP contribution in [0.2, 0.25) is 0 Å². The van der Waals surface area contributed by atoms with E-state index >= 15 is 0 Å². The van der Waals surface area contributed by atoms with Crippen molar-refractivity contribution in [3.63, 3.8) is 0 Å². The van der Waals surface area contributed by atoms with Gasteiger partial charge in [-0.2, -0.15) is 18.2 Å². The zero-order valence-corrected chi connectivity index (χ0v) is 19.0. The fourth-order valence-corrected chi connectivity index (χ4v) is 4.09. The van der Waals surface area contributed by atoms with Crippen LogP contribution in [0.15, 0.2) is 60.8 Å². The summed E-state index contributed by atoms with van der Waals surface area (Å²) in [6, 6.07) is 15.1. The molecule has 0 saturated carbocycles. The molecule has 1 aromatic heterocycles. The number of halogens is 3. The molecule has 1 amide bonds. The summed E-state index contributed by atoms with van der Waals surface area (Å²) in [5.74, 6) is 0.479. The molecule has 9 heteroatoms. The highest BCUT2D eigenvalue weighted by Crippen LogP contribution is 2.33. The molecule has 1 aliphatic heterocycles. The normalized spacial score (nSPS) is 14.7. The number of aromatic nitrogens is 2. The molecule has 0 unspecified atom stereocenters. The van der Waals surface area contributed by atoms with Gasteiger partial charge in [-0.15, -0.1) is 0 Å². The highest BCUT2D eigenvalue weighted by molar-refractivity contribution is 5.91. The summed E-state index contributed by atoms with van der Waals surface area (Å²) in [6.45, 7) is 0.992. The monoisotopic (exact) mass is 469 g/mol. The van der Waals surface area contributed by atoms with Gasteiger partial charge in [-0.25, -0.2) is 4.98 Å². The van der Waals surface area contributed by atoms with Gasteiger partial charge in [0, 0.05) is 50.6 Å². The van der Waals surface area contributed by atoms with E-state index < -0.39 is 11.7 Å². The van der Waals surface area contributed by atoms with Crippen molar-refractivity contribution in [2.45, 2.75) is 19.0 Å². The minimum atomic E-state index is -4.38. The summed E-state index contributed by atoms with van der Waals surface area (Å²) < 4.78 is 39.1. The Balaban J connectivity index is 1.41. The highest BCUT2D eigenvalue weighted by Gasteiger charge is 2.32. The Labute approximate surface area is 196 Å². The highest BCUT2D eigenvalue weighted by atomic mass is 19.4. The number of nitrogens with zero attached hydrogens (tertiary/aromatic N) is 4. The quantitative estimate of drug-likeness (QED) is 0.565. The SMILES string of the molecule is CN(C)c1nc(NC(=O)C2CCN(c3cccc(C(F)(F)F)c3)CC2)ncc1-c1ccccc1. The molecule has 1 saturated heterocycles. The van der Waals surface area contributed by atoms with Gasteiger partial charge in [0.2, 0.25) is 11.9 Å². The number of anilines is 3. The summed E-state index contributed by atoms with van der Waals surface area (Å²) in [5.41, 5.74) is 1.69. The van der Waals surface area contributed by atoms with Gasteiger partial charge in [-0.1, -0.05) is 36.4 Å². The van der Waals surface area contributed by atoms with Gasteiger partial charge in [0.1, 0.15) is 5.82 Å². The number of hydrogen-bond donors (Lipinski definition) is 1. The Morgan fingerprint density at radius 1 is 1.06 bits per heavy atom. The molecular weight excluding hydrogens is 443 g/mol. The maximum atomic E-state index is 13.0. The lowest BCUT2D eigenvalue weighted by Crippen LogP contribution is -2.38. The first-order valence-corrected chi connectivity index (χ1v) is 11.1. The lowest BCUT2D eigenvalue weighted by Gasteiger charge is -2.33. The molecule has 6 nitrogen and oxygen atoms in total. The summed E-state index contributed by atoms with van der Waals surface area (Å²) in [7, 11) is 3.76. The Hall–Kier alpha value is -3.62. The first-order chi connectivity index (χ1) is 16.2. The zero-order valence-electron chi connectivity index (χ0n) is 19.0. The predicted octanol–water partition coefficient (Wildman–Crippen LogP) is 5.08. The van der Waals surface area contributed by atoms with Gasteiger partial charge < -0.3 is 9.80 Å². The Bertz CT molecular complexity index is 1140. The minimum absolute atomic E-state index is 0.180. The number of carbonyl (C=O) groups excluding carboxylic acids is 1. The molecule has 0 radical (unpaired) electrons. The van der Waals surface area contributed by atoms with Crippen molar-refractivity contribution in [1.82, 2.24) is 9.97 Å². The maximum Gasteiger partial charge on any atom is 0.416 e. The van der Waals surface area contributed by atoms with Gasteiger partial charge in [0.15, 0.2) is 0 Å². The van der Waals surface area contributed by atoms with Crippen LogP contribution in [0.1, 0.15) is 18.4 Å². The molecule has 1 N–H and O–H groups in total. The lowest BCUT2D eigenvalue weighted by molar-refractivity contribution is -0.137. The van der Waals surface area contributed by atoms with E-state index in [1.165, 1.54) is 6.07 Å². The van der Waals surface area contributed by atoms with Crippen molar-refractivity contribution in [2.24, 2.45) is 5.92 Å². The number of amides is 1. The molecule has 0 spiro atoms. The second-order valence-corrected chi connectivity index (χ2v) is 8.49. The van der Waals surface area contributed by atoms with E-state index in [0.29, 0.717) is 37.4 Å². The largest absolute Gasteiger partial charge is 0.416 e. The second kappa shape index (κ2) is 9.70. The van der Waals surface area contributed by atoms with Crippen molar-refractivity contribution in [3.05, 3.63) is 66.4 Å². The van der Waals surface area contributed by atoms with Crippen LogP contribution < -0.4 is 15.1 Å². The van der Waals surface area contributed by atoms with E-state index in [2.05, 4.69) is 15.3 Å². The maximum absolute atomic E-state index is 13.0. The Morgan fingerprint density at radius 3 is 2.41 bits per heavy atom. The van der Waals surface area contributed by atoms with E-state index in [-0.39, 0.29) is 17.8 Å². The molecular formula is C25H26F3N5O. The smallest absolute Gasteiger partial charge is 0.371 e. The molecule has 3 aromatic rings. The summed E-state index contributed by atoms with van der Waals surface area (Å²) in [5, 5.41) is 2.81. The standard InChI is InChI=1S/C25H26F3N5O/c1-32(2)22-21(17-7-4-3-5-8-17)16-29-24(30-22)31-23(34)18-11-13-33(14-12-18)20-10-6-9-19(15-20)25(26,27)28/h3-10,15-16,18H,11-14H2,1-2H3,(H,29,30,31,34). The van der Waals surface area contributed by atoms with Crippen molar-refractivity contribution < 1.29 is 18.0 Å². The van der Waals surface area contributed by atoms with E-state index in [9.17, 15) is 18.0 Å². The fourth-order valence-electron chi connectivity index (χ4n) is 4.09. The van der Waals surface area contributed by atoms with E-state index in [4.69, 9.17) is 0 Å². The van der Waals surface area contributed by atoms with Crippen LogP contribution in [0.4, 0.5) is 30.6 Å². The van der Waals surface area contributed by atoms with Crippen LogP contribution in [0.3, 0.4) is 0 Å². The molecule has 1 aliphatic rings. The summed E-state index contributed by atoms with van der Waals surface area (Å²) >= 11 is 0. The Morgan fingerprint density at radius 2 is 1.76 bits per heavy atom. The average molecular weight is 470 g/mol. The van der Waals surface area contributed by atoms with Gasteiger partial charge in [0.05, 0.1) is 5.56 Å². The van der Waals surface area contributed by atoms with Crippen LogP contribution in [0, 0.1) is 5.92 Å². The Kier molecular flexibility index (Phi) is 6.72. The third-order valence-electron chi connectivity index (χ3n) is 5.92. The first kappa shape index (κ1) is 23.5. The molecule has 0 aliphatic carbocycles. The van der Waals surface area contributed by atoms with Crippen LogP contribution >= 0.6 is 0 Å². The summed E-state index contributed by atoms with van der Waals surface area (Å²) in [4.78, 5) is 25.5. The predicted molar refractivity (Wildman–Crippen MR) is 127 cm³/mol. The van der Waals surface area contributed by atoms with Gasteiger partial charge in [-0.05, 0) is 36.6 Å². The number of alkyl halides is 3. The van der Waals surface area contributed by atoms with Crippen LogP contribution in [0.25, 0.3) is 11.1 Å². The first-order valence-electron chi connectivity index (χ1n) is 11.1. The van der Waals surface area contributed by atoms with Crippen molar-refractivity contribution in [3.8, 4) is 11.1 Å². The molecule has 0 bridgehead atoms. The second-order valence-electron chi connectivity index (χ2n) is 8.49. The van der Waals surface area contributed by atoms with Gasteiger partial charge >= 0.3 is 6.18 Å². The third-order valence-corrected chi connectivity index (χ3v) is 5.92. The molecule has 34 heavy (non-hydrogen) atoms. The molecule has 1 fully saturated rings. The van der Waals surface area contributed by atoms with Crippen molar-refractivity contribution in [1.29, 1.82) is 0 Å². The zero-order chi connectivity index (χ0) is 24.3. The molecule has 4 rings (SSSR count). The van der Waals surface area contributed by atoms with E-state index in [0.717, 1.165) is 23.3 Å². The van der Waals surface area contributed by atoms with Crippen LogP contribution in [-0.2, 0) is 11.0 Å². The number of hydrogen-bond acceptors (Lipinski definition) is 5. The number of nitrogens with one attached hydrogen (secondary N) is 1. The molecule has 0 atom stereocenters.